The number of hydrogen-bond donors (Lipinski definition) is 1. The molecule has 1 fully saturated rings. The van der Waals surface area contributed by atoms with Crippen LogP contribution in [-0.4, -0.2) is 60.0 Å². The molecular weight excluding hydrogens is 400 g/mol. The topological polar surface area (TPSA) is 59.4 Å². The molecule has 0 unspecified atom stereocenters. The fourth-order valence-electron chi connectivity index (χ4n) is 3.89. The zero-order chi connectivity index (χ0) is 22.5. The summed E-state index contributed by atoms with van der Waals surface area (Å²) in [7, 11) is 0. The van der Waals surface area contributed by atoms with Crippen molar-refractivity contribution in [2.75, 3.05) is 39.4 Å². The molecule has 3 aromatic rings. The van der Waals surface area contributed by atoms with Crippen LogP contribution >= 0.6 is 0 Å². The van der Waals surface area contributed by atoms with Crippen LogP contribution in [0, 0.1) is 20.8 Å². The zero-order valence-corrected chi connectivity index (χ0v) is 19.2. The Morgan fingerprint density at radius 1 is 1.00 bits per heavy atom. The number of amides is 1. The van der Waals surface area contributed by atoms with Gasteiger partial charge in [-0.25, -0.2) is 4.68 Å². The lowest BCUT2D eigenvalue weighted by Crippen LogP contribution is -2.38. The first kappa shape index (κ1) is 22.2. The van der Waals surface area contributed by atoms with Crippen LogP contribution in [0.4, 0.5) is 0 Å². The van der Waals surface area contributed by atoms with E-state index in [0.717, 1.165) is 56.2 Å². The maximum absolute atomic E-state index is 13.1. The molecule has 6 heteroatoms. The number of hydrogen-bond acceptors (Lipinski definition) is 4. The average molecular weight is 433 g/mol. The number of aromatic nitrogens is 2. The van der Waals surface area contributed by atoms with E-state index in [9.17, 15) is 4.79 Å². The lowest BCUT2D eigenvalue weighted by molar-refractivity contribution is 0.0374. The predicted molar refractivity (Wildman–Crippen MR) is 127 cm³/mol. The van der Waals surface area contributed by atoms with Gasteiger partial charge in [0.15, 0.2) is 0 Å². The second kappa shape index (κ2) is 10.1. The predicted octanol–water partition coefficient (Wildman–Crippen LogP) is 3.92. The molecule has 168 valence electrons. The Labute approximate surface area is 190 Å². The first-order valence-corrected chi connectivity index (χ1v) is 11.3. The zero-order valence-electron chi connectivity index (χ0n) is 19.2. The van der Waals surface area contributed by atoms with Crippen molar-refractivity contribution in [2.45, 2.75) is 27.2 Å². The van der Waals surface area contributed by atoms with Crippen molar-refractivity contribution < 1.29 is 9.53 Å². The number of ether oxygens (including phenoxy) is 1. The summed E-state index contributed by atoms with van der Waals surface area (Å²) in [5, 5.41) is 7.90. The summed E-state index contributed by atoms with van der Waals surface area (Å²) in [5.74, 6) is -0.102. The Kier molecular flexibility index (Phi) is 7.02. The fourth-order valence-corrected chi connectivity index (χ4v) is 3.89. The highest BCUT2D eigenvalue weighted by Gasteiger charge is 2.18. The molecule has 6 nitrogen and oxygen atoms in total. The second-order valence-corrected chi connectivity index (χ2v) is 8.52. The molecule has 1 amide bonds. The summed E-state index contributed by atoms with van der Waals surface area (Å²) < 4.78 is 7.15. The van der Waals surface area contributed by atoms with Gasteiger partial charge in [0.2, 0.25) is 0 Å². The molecule has 1 N–H and O–H groups in total. The third kappa shape index (κ3) is 5.26. The lowest BCUT2D eigenvalue weighted by atomic mass is 10.0. The minimum absolute atomic E-state index is 0.102. The molecule has 0 saturated carbocycles. The minimum atomic E-state index is -0.102. The van der Waals surface area contributed by atoms with Crippen molar-refractivity contribution in [1.29, 1.82) is 0 Å². The van der Waals surface area contributed by atoms with E-state index in [2.05, 4.69) is 49.2 Å². The van der Waals surface area contributed by atoms with Crippen LogP contribution < -0.4 is 5.32 Å². The van der Waals surface area contributed by atoms with Gasteiger partial charge < -0.3 is 10.1 Å². The van der Waals surface area contributed by atoms with Crippen LogP contribution in [-0.2, 0) is 4.74 Å². The second-order valence-electron chi connectivity index (χ2n) is 8.52. The number of nitrogens with zero attached hydrogens (tertiary/aromatic N) is 3. The van der Waals surface area contributed by atoms with E-state index in [0.29, 0.717) is 12.2 Å². The monoisotopic (exact) mass is 432 g/mol. The SMILES string of the molecule is Cc1ccc(-n2nc(-c3ccc(C)c(C)c3)cc2C(=O)NCCCN2CCOCC2)cc1. The van der Waals surface area contributed by atoms with Crippen LogP contribution in [0.5, 0.6) is 0 Å². The quantitative estimate of drug-likeness (QED) is 0.575. The number of nitrogens with one attached hydrogen (secondary N) is 1. The number of benzene rings is 2. The molecule has 1 aliphatic heterocycles. The van der Waals surface area contributed by atoms with Crippen molar-refractivity contribution >= 4 is 5.91 Å². The van der Waals surface area contributed by atoms with Gasteiger partial charge in [0.05, 0.1) is 24.6 Å². The number of rotatable bonds is 7. The van der Waals surface area contributed by atoms with Gasteiger partial charge in [0.25, 0.3) is 5.91 Å². The van der Waals surface area contributed by atoms with Gasteiger partial charge in [-0.1, -0.05) is 29.8 Å². The third-order valence-corrected chi connectivity index (χ3v) is 6.06. The summed E-state index contributed by atoms with van der Waals surface area (Å²) in [6.07, 6.45) is 0.911. The van der Waals surface area contributed by atoms with Gasteiger partial charge >= 0.3 is 0 Å². The fraction of sp³-hybridized carbons (Fsp3) is 0.385. The van der Waals surface area contributed by atoms with Gasteiger partial charge in [-0.15, -0.1) is 0 Å². The molecule has 0 spiro atoms. The normalized spacial score (nSPS) is 14.5. The van der Waals surface area contributed by atoms with Crippen LogP contribution in [0.3, 0.4) is 0 Å². The van der Waals surface area contributed by atoms with E-state index >= 15 is 0 Å². The first-order chi connectivity index (χ1) is 15.5. The van der Waals surface area contributed by atoms with E-state index < -0.39 is 0 Å². The van der Waals surface area contributed by atoms with E-state index in [1.807, 2.05) is 30.3 Å². The van der Waals surface area contributed by atoms with E-state index in [1.54, 1.807) is 4.68 Å². The molecule has 0 atom stereocenters. The van der Waals surface area contributed by atoms with Gasteiger partial charge in [0.1, 0.15) is 5.69 Å². The number of carbonyl (C=O) groups is 1. The Balaban J connectivity index is 1.53. The molecule has 2 heterocycles. The van der Waals surface area contributed by atoms with Crippen LogP contribution in [0.1, 0.15) is 33.6 Å². The molecule has 1 aromatic heterocycles. The van der Waals surface area contributed by atoms with Crippen molar-refractivity contribution in [3.05, 3.63) is 70.9 Å². The highest BCUT2D eigenvalue weighted by atomic mass is 16.5. The lowest BCUT2D eigenvalue weighted by Gasteiger charge is -2.26. The molecule has 1 saturated heterocycles. The molecule has 1 aliphatic rings. The smallest absolute Gasteiger partial charge is 0.270 e. The summed E-state index contributed by atoms with van der Waals surface area (Å²) >= 11 is 0. The van der Waals surface area contributed by atoms with E-state index in [-0.39, 0.29) is 5.91 Å². The van der Waals surface area contributed by atoms with Crippen LogP contribution in [0.15, 0.2) is 48.5 Å². The summed E-state index contributed by atoms with van der Waals surface area (Å²) in [6.45, 7) is 11.4. The van der Waals surface area contributed by atoms with Crippen molar-refractivity contribution in [3.8, 4) is 16.9 Å². The summed E-state index contributed by atoms with van der Waals surface area (Å²) in [6, 6.07) is 16.3. The molecule has 0 radical (unpaired) electrons. The van der Waals surface area contributed by atoms with Crippen molar-refractivity contribution in [2.24, 2.45) is 0 Å². The summed E-state index contributed by atoms with van der Waals surface area (Å²) in [5.41, 5.74) is 6.86. The Bertz CT molecular complexity index is 1070. The molecule has 2 aromatic carbocycles. The van der Waals surface area contributed by atoms with E-state index in [1.165, 1.54) is 16.7 Å². The Morgan fingerprint density at radius 3 is 2.47 bits per heavy atom. The maximum atomic E-state index is 13.1. The van der Waals surface area contributed by atoms with Crippen molar-refractivity contribution in [1.82, 2.24) is 20.0 Å². The minimum Gasteiger partial charge on any atom is -0.379 e. The van der Waals surface area contributed by atoms with Crippen molar-refractivity contribution in [3.63, 3.8) is 0 Å². The average Bonchev–Trinajstić information content (AvgIpc) is 3.25. The highest BCUT2D eigenvalue weighted by Crippen LogP contribution is 2.24. The van der Waals surface area contributed by atoms with Gasteiger partial charge in [-0.05, 0) is 69.1 Å². The Hall–Kier alpha value is -2.96. The molecule has 0 aliphatic carbocycles. The van der Waals surface area contributed by atoms with Gasteiger partial charge in [-0.3, -0.25) is 9.69 Å². The third-order valence-electron chi connectivity index (χ3n) is 6.06. The molecular formula is C26H32N4O2. The Morgan fingerprint density at radius 2 is 1.75 bits per heavy atom. The maximum Gasteiger partial charge on any atom is 0.270 e. The molecule has 0 bridgehead atoms. The number of morpholine rings is 1. The molecule has 4 rings (SSSR count). The summed E-state index contributed by atoms with van der Waals surface area (Å²) in [4.78, 5) is 15.5. The van der Waals surface area contributed by atoms with Gasteiger partial charge in [0, 0.05) is 25.2 Å². The highest BCUT2D eigenvalue weighted by molar-refractivity contribution is 5.94. The first-order valence-electron chi connectivity index (χ1n) is 11.3. The van der Waals surface area contributed by atoms with E-state index in [4.69, 9.17) is 9.84 Å². The van der Waals surface area contributed by atoms with Crippen LogP contribution in [0.2, 0.25) is 0 Å². The van der Waals surface area contributed by atoms with Gasteiger partial charge in [-0.2, -0.15) is 5.10 Å². The molecule has 32 heavy (non-hydrogen) atoms. The standard InChI is InChI=1S/C26H32N4O2/c1-19-5-9-23(10-6-19)30-25(18-24(28-30)22-8-7-20(2)21(3)17-22)26(31)27-11-4-12-29-13-15-32-16-14-29/h5-10,17-18H,4,11-16H2,1-3H3,(H,27,31). The van der Waals surface area contributed by atoms with Crippen LogP contribution in [0.25, 0.3) is 16.9 Å². The number of carbonyl (C=O) groups excluding carboxylic acids is 1. The number of aryl methyl sites for hydroxylation is 3. The largest absolute Gasteiger partial charge is 0.379 e.